The van der Waals surface area contributed by atoms with Gasteiger partial charge in [0.15, 0.2) is 0 Å². The molecule has 1 N–H and O–H groups in total. The van der Waals surface area contributed by atoms with Crippen molar-refractivity contribution in [2.75, 3.05) is 18.0 Å². The van der Waals surface area contributed by atoms with E-state index < -0.39 is 11.7 Å². The summed E-state index contributed by atoms with van der Waals surface area (Å²) in [4.78, 5) is 18.2. The highest BCUT2D eigenvalue weighted by molar-refractivity contribution is 5.79. The minimum absolute atomic E-state index is 0.0666. The summed E-state index contributed by atoms with van der Waals surface area (Å²) in [5.41, 5.74) is 1.60. The van der Waals surface area contributed by atoms with Gasteiger partial charge in [-0.15, -0.1) is 0 Å². The summed E-state index contributed by atoms with van der Waals surface area (Å²) in [7, 11) is 0. The summed E-state index contributed by atoms with van der Waals surface area (Å²) in [6.45, 7) is 1.02. The van der Waals surface area contributed by atoms with E-state index in [4.69, 9.17) is 0 Å². The summed E-state index contributed by atoms with van der Waals surface area (Å²) in [6.07, 6.45) is 0.278. The molecule has 4 rings (SSSR count). The third kappa shape index (κ3) is 4.46. The van der Waals surface area contributed by atoms with Crippen molar-refractivity contribution in [3.63, 3.8) is 0 Å². The fourth-order valence-electron chi connectivity index (χ4n) is 3.64. The predicted molar refractivity (Wildman–Crippen MR) is 100 cm³/mol. The van der Waals surface area contributed by atoms with Crippen LogP contribution in [0.1, 0.15) is 41.9 Å². The Hall–Kier alpha value is -2.57. The van der Waals surface area contributed by atoms with E-state index in [0.29, 0.717) is 37.7 Å². The average molecular weight is 389 g/mol. The zero-order valence-electron chi connectivity index (χ0n) is 15.4. The lowest BCUT2D eigenvalue weighted by Crippen LogP contribution is -2.38. The lowest BCUT2D eigenvalue weighted by Gasteiger charge is -2.19. The molecule has 7 heteroatoms. The number of aromatic nitrogens is 1. The number of pyridine rings is 1. The molecule has 4 nitrogen and oxygen atoms in total. The number of carbonyl (C=O) groups excluding carboxylic acids is 1. The van der Waals surface area contributed by atoms with Crippen LogP contribution in [0.3, 0.4) is 0 Å². The van der Waals surface area contributed by atoms with Crippen LogP contribution in [-0.2, 0) is 17.4 Å². The molecular formula is C21H22F3N3O. The molecule has 2 fully saturated rings. The van der Waals surface area contributed by atoms with E-state index in [-0.39, 0.29) is 11.9 Å². The van der Waals surface area contributed by atoms with E-state index in [2.05, 4.69) is 22.4 Å². The quantitative estimate of drug-likeness (QED) is 0.843. The van der Waals surface area contributed by atoms with Gasteiger partial charge in [0, 0.05) is 25.3 Å². The molecule has 1 saturated carbocycles. The van der Waals surface area contributed by atoms with Crippen LogP contribution < -0.4 is 10.2 Å². The number of nitrogens with zero attached hydrogens (tertiary/aromatic N) is 2. The van der Waals surface area contributed by atoms with Gasteiger partial charge in [0.05, 0.1) is 12.0 Å². The van der Waals surface area contributed by atoms with E-state index in [0.717, 1.165) is 17.7 Å². The Morgan fingerprint density at radius 1 is 1.14 bits per heavy atom. The topological polar surface area (TPSA) is 45.2 Å². The van der Waals surface area contributed by atoms with Crippen molar-refractivity contribution in [2.45, 2.75) is 43.8 Å². The minimum atomic E-state index is -4.39. The fraction of sp³-hybridized carbons (Fsp3) is 0.429. The first kappa shape index (κ1) is 18.8. The maximum atomic E-state index is 12.9. The van der Waals surface area contributed by atoms with Gasteiger partial charge in [0.2, 0.25) is 5.91 Å². The number of hydrogen-bond donors (Lipinski definition) is 1. The molecule has 1 atom stereocenters. The van der Waals surface area contributed by atoms with Crippen LogP contribution in [0.25, 0.3) is 0 Å². The first-order valence-electron chi connectivity index (χ1n) is 9.55. The molecule has 2 aromatic rings. The van der Waals surface area contributed by atoms with Gasteiger partial charge in [-0.05, 0) is 48.4 Å². The average Bonchev–Trinajstić information content (AvgIpc) is 3.41. The zero-order chi connectivity index (χ0) is 19.7. The second kappa shape index (κ2) is 7.45. The van der Waals surface area contributed by atoms with Crippen molar-refractivity contribution in [2.24, 2.45) is 0 Å². The van der Waals surface area contributed by atoms with Crippen LogP contribution in [0, 0.1) is 0 Å². The van der Waals surface area contributed by atoms with Crippen LogP contribution in [0.5, 0.6) is 0 Å². The Labute approximate surface area is 161 Å². The molecule has 28 heavy (non-hydrogen) atoms. The summed E-state index contributed by atoms with van der Waals surface area (Å²) in [6, 6.07) is 10.1. The Morgan fingerprint density at radius 2 is 1.89 bits per heavy atom. The number of rotatable bonds is 5. The van der Waals surface area contributed by atoms with Crippen molar-refractivity contribution in [3.8, 4) is 0 Å². The van der Waals surface area contributed by atoms with Gasteiger partial charge in [-0.3, -0.25) is 4.79 Å². The van der Waals surface area contributed by atoms with Gasteiger partial charge >= 0.3 is 6.18 Å². The van der Waals surface area contributed by atoms with Gasteiger partial charge in [-0.1, -0.05) is 24.3 Å². The molecule has 1 aromatic heterocycles. The summed E-state index contributed by atoms with van der Waals surface area (Å²) < 4.78 is 38.6. The van der Waals surface area contributed by atoms with E-state index in [1.165, 1.54) is 24.6 Å². The van der Waals surface area contributed by atoms with Crippen LogP contribution in [-0.4, -0.2) is 30.0 Å². The lowest BCUT2D eigenvalue weighted by molar-refractivity contribution is -0.137. The van der Waals surface area contributed by atoms with E-state index in [1.54, 1.807) is 4.90 Å². The Morgan fingerprint density at radius 3 is 2.57 bits per heavy atom. The Kier molecular flexibility index (Phi) is 5.00. The van der Waals surface area contributed by atoms with E-state index in [9.17, 15) is 18.0 Å². The highest BCUT2D eigenvalue weighted by atomic mass is 19.4. The molecule has 1 aliphatic carbocycles. The Bertz CT molecular complexity index is 847. The Balaban J connectivity index is 1.31. The highest BCUT2D eigenvalue weighted by Crippen LogP contribution is 2.39. The van der Waals surface area contributed by atoms with Crippen LogP contribution in [0.15, 0.2) is 42.6 Å². The van der Waals surface area contributed by atoms with Crippen molar-refractivity contribution in [1.29, 1.82) is 0 Å². The number of hydrogen-bond acceptors (Lipinski definition) is 3. The van der Waals surface area contributed by atoms with Crippen molar-refractivity contribution in [3.05, 3.63) is 59.3 Å². The van der Waals surface area contributed by atoms with Crippen molar-refractivity contribution < 1.29 is 18.0 Å². The minimum Gasteiger partial charge on any atom is -0.354 e. The molecule has 1 aromatic carbocycles. The summed E-state index contributed by atoms with van der Waals surface area (Å²) >= 11 is 0. The van der Waals surface area contributed by atoms with Gasteiger partial charge in [0.25, 0.3) is 0 Å². The molecule has 148 valence electrons. The monoisotopic (exact) mass is 389 g/mol. The van der Waals surface area contributed by atoms with Crippen molar-refractivity contribution in [1.82, 2.24) is 10.3 Å². The maximum Gasteiger partial charge on any atom is 0.416 e. The zero-order valence-corrected chi connectivity index (χ0v) is 15.4. The van der Waals surface area contributed by atoms with Crippen LogP contribution in [0.2, 0.25) is 0 Å². The molecule has 1 aliphatic heterocycles. The lowest BCUT2D eigenvalue weighted by atomic mass is 10.1. The standard InChI is InChI=1S/C21H22F3N3O/c22-21(23,24)17-7-9-25-19(12-17)27-10-8-18(13-27)26-20(28)11-14-1-3-15(4-2-14)16-5-6-16/h1-4,7,9,12,16,18H,5-6,8,10-11,13H2,(H,26,28)/t18-/m1/s1. The van der Waals surface area contributed by atoms with Gasteiger partial charge in [0.1, 0.15) is 5.82 Å². The molecule has 1 amide bonds. The SMILES string of the molecule is O=C(Cc1ccc(C2CC2)cc1)N[C@@H]1CCN(c2cc(C(F)(F)F)ccn2)C1. The fourth-order valence-corrected chi connectivity index (χ4v) is 3.64. The number of carbonyl (C=O) groups is 1. The predicted octanol–water partition coefficient (Wildman–Crippen LogP) is 3.92. The number of amides is 1. The molecule has 2 heterocycles. The molecule has 2 aliphatic rings. The van der Waals surface area contributed by atoms with Crippen molar-refractivity contribution >= 4 is 11.7 Å². The molecule has 0 spiro atoms. The third-order valence-corrected chi connectivity index (χ3v) is 5.34. The molecule has 0 bridgehead atoms. The second-order valence-corrected chi connectivity index (χ2v) is 7.59. The number of halogens is 3. The number of alkyl halides is 3. The normalized spacial score (nSPS) is 19.7. The number of nitrogens with one attached hydrogen (secondary N) is 1. The number of anilines is 1. The number of benzene rings is 1. The maximum absolute atomic E-state index is 12.9. The second-order valence-electron chi connectivity index (χ2n) is 7.59. The van der Waals surface area contributed by atoms with Crippen LogP contribution >= 0.6 is 0 Å². The van der Waals surface area contributed by atoms with E-state index in [1.807, 2.05) is 12.1 Å². The third-order valence-electron chi connectivity index (χ3n) is 5.34. The highest BCUT2D eigenvalue weighted by Gasteiger charge is 2.32. The largest absolute Gasteiger partial charge is 0.416 e. The smallest absolute Gasteiger partial charge is 0.354 e. The summed E-state index contributed by atoms with van der Waals surface area (Å²) in [5, 5.41) is 2.99. The van der Waals surface area contributed by atoms with Gasteiger partial charge in [-0.25, -0.2) is 4.98 Å². The first-order chi connectivity index (χ1) is 13.4. The first-order valence-corrected chi connectivity index (χ1v) is 9.55. The van der Waals surface area contributed by atoms with Crippen LogP contribution in [0.4, 0.5) is 19.0 Å². The summed E-state index contributed by atoms with van der Waals surface area (Å²) in [5.74, 6) is 0.919. The molecule has 0 radical (unpaired) electrons. The van der Waals surface area contributed by atoms with Gasteiger partial charge in [-0.2, -0.15) is 13.2 Å². The van der Waals surface area contributed by atoms with Gasteiger partial charge < -0.3 is 10.2 Å². The van der Waals surface area contributed by atoms with E-state index >= 15 is 0 Å². The molecular weight excluding hydrogens is 367 g/mol. The molecule has 1 saturated heterocycles. The molecule has 0 unspecified atom stereocenters.